The van der Waals surface area contributed by atoms with Crippen molar-refractivity contribution >= 4 is 40.6 Å². The first-order valence-corrected chi connectivity index (χ1v) is 14.5. The Hall–Kier alpha value is -2.10. The van der Waals surface area contributed by atoms with Gasteiger partial charge in [-0.25, -0.2) is 0 Å². The van der Waals surface area contributed by atoms with Crippen molar-refractivity contribution in [3.05, 3.63) is 53.6 Å². The van der Waals surface area contributed by atoms with Crippen LogP contribution in [-0.2, 0) is 4.79 Å². The number of nitrogens with one attached hydrogen (secondary N) is 1. The van der Waals surface area contributed by atoms with Crippen molar-refractivity contribution in [1.29, 1.82) is 0 Å². The second-order valence-corrected chi connectivity index (χ2v) is 12.2. The van der Waals surface area contributed by atoms with Crippen molar-refractivity contribution in [2.45, 2.75) is 42.1 Å². The monoisotopic (exact) mass is 566 g/mol. The number of thioether (sulfide) groups is 1. The van der Waals surface area contributed by atoms with Gasteiger partial charge in [0.25, 0.3) is 0 Å². The SMILES string of the molecule is O=C(CCCN1CC2CN(c3ccc(Cl)cc3)CC2C1)N1CCC(Nc2ccc(SC(F)(F)F)cc2)CC1. The van der Waals surface area contributed by atoms with Gasteiger partial charge in [-0.3, -0.25) is 4.79 Å². The van der Waals surface area contributed by atoms with Crippen LogP contribution >= 0.6 is 23.4 Å². The molecule has 0 spiro atoms. The molecule has 5 nitrogen and oxygen atoms in total. The van der Waals surface area contributed by atoms with E-state index in [4.69, 9.17) is 11.6 Å². The van der Waals surface area contributed by atoms with E-state index in [1.165, 1.54) is 17.8 Å². The molecule has 10 heteroatoms. The van der Waals surface area contributed by atoms with Gasteiger partial charge < -0.3 is 20.0 Å². The molecule has 0 saturated carbocycles. The van der Waals surface area contributed by atoms with Crippen LogP contribution in [0.5, 0.6) is 0 Å². The minimum Gasteiger partial charge on any atom is -0.382 e. The van der Waals surface area contributed by atoms with Gasteiger partial charge in [0.2, 0.25) is 5.91 Å². The third kappa shape index (κ3) is 7.30. The zero-order chi connectivity index (χ0) is 26.7. The van der Waals surface area contributed by atoms with Crippen molar-refractivity contribution in [3.63, 3.8) is 0 Å². The van der Waals surface area contributed by atoms with Gasteiger partial charge in [-0.1, -0.05) is 11.6 Å². The number of halogens is 4. The van der Waals surface area contributed by atoms with Gasteiger partial charge in [0.15, 0.2) is 0 Å². The van der Waals surface area contributed by atoms with E-state index in [-0.39, 0.29) is 28.6 Å². The lowest BCUT2D eigenvalue weighted by Gasteiger charge is -2.33. The lowest BCUT2D eigenvalue weighted by molar-refractivity contribution is -0.132. The molecule has 0 radical (unpaired) electrons. The van der Waals surface area contributed by atoms with Crippen LogP contribution in [0, 0.1) is 11.8 Å². The van der Waals surface area contributed by atoms with E-state index >= 15 is 0 Å². The number of anilines is 2. The summed E-state index contributed by atoms with van der Waals surface area (Å²) >= 11 is 5.92. The Balaban J connectivity index is 0.972. The highest BCUT2D eigenvalue weighted by atomic mass is 35.5. The molecule has 2 atom stereocenters. The van der Waals surface area contributed by atoms with E-state index in [1.54, 1.807) is 12.1 Å². The summed E-state index contributed by atoms with van der Waals surface area (Å²) in [4.78, 5) is 19.9. The molecule has 1 amide bonds. The molecular weight excluding hydrogens is 533 g/mol. The van der Waals surface area contributed by atoms with Crippen LogP contribution in [0.1, 0.15) is 25.7 Å². The van der Waals surface area contributed by atoms with Crippen LogP contribution in [0.3, 0.4) is 0 Å². The Morgan fingerprint density at radius 1 is 0.947 bits per heavy atom. The summed E-state index contributed by atoms with van der Waals surface area (Å²) < 4.78 is 37.5. The summed E-state index contributed by atoms with van der Waals surface area (Å²) in [6.07, 6.45) is 3.15. The fraction of sp³-hybridized carbons (Fsp3) is 0.536. The number of rotatable bonds is 8. The molecule has 1 N–H and O–H groups in total. The number of carbonyl (C=O) groups excluding carboxylic acids is 1. The maximum Gasteiger partial charge on any atom is 0.446 e. The maximum atomic E-state index is 12.8. The maximum absolute atomic E-state index is 12.8. The van der Waals surface area contributed by atoms with E-state index in [0.29, 0.717) is 31.3 Å². The van der Waals surface area contributed by atoms with Crippen LogP contribution in [0.15, 0.2) is 53.4 Å². The van der Waals surface area contributed by atoms with Crippen LogP contribution in [-0.4, -0.2) is 73.1 Å². The molecule has 0 aliphatic carbocycles. The third-order valence-electron chi connectivity index (χ3n) is 7.92. The molecule has 38 heavy (non-hydrogen) atoms. The number of amides is 1. The number of fused-ring (bicyclic) bond motifs is 1. The molecule has 2 unspecified atom stereocenters. The lowest BCUT2D eigenvalue weighted by Crippen LogP contribution is -2.42. The summed E-state index contributed by atoms with van der Waals surface area (Å²) in [5.74, 6) is 1.60. The van der Waals surface area contributed by atoms with Gasteiger partial charge in [0.05, 0.1) is 0 Å². The van der Waals surface area contributed by atoms with E-state index < -0.39 is 5.51 Å². The highest BCUT2D eigenvalue weighted by Gasteiger charge is 2.39. The molecule has 3 saturated heterocycles. The predicted molar refractivity (Wildman–Crippen MR) is 148 cm³/mol. The summed E-state index contributed by atoms with van der Waals surface area (Å²) in [6.45, 7) is 6.79. The molecular formula is C28H34ClF3N4OS. The lowest BCUT2D eigenvalue weighted by atomic mass is 10.0. The van der Waals surface area contributed by atoms with Crippen LogP contribution in [0.2, 0.25) is 5.02 Å². The van der Waals surface area contributed by atoms with Crippen LogP contribution < -0.4 is 10.2 Å². The average Bonchev–Trinajstić information content (AvgIpc) is 3.44. The van der Waals surface area contributed by atoms with Gasteiger partial charge in [-0.15, -0.1) is 0 Å². The Kier molecular flexibility index (Phi) is 8.65. The Bertz CT molecular complexity index is 1060. The molecule has 2 aromatic rings. The van der Waals surface area contributed by atoms with Gasteiger partial charge in [-0.2, -0.15) is 13.2 Å². The van der Waals surface area contributed by atoms with Crippen molar-refractivity contribution in [2.75, 3.05) is 56.0 Å². The van der Waals surface area contributed by atoms with Crippen LogP contribution in [0.4, 0.5) is 24.5 Å². The van der Waals surface area contributed by atoms with Crippen molar-refractivity contribution in [3.8, 4) is 0 Å². The molecule has 3 aliphatic heterocycles. The molecule has 3 heterocycles. The molecule has 0 bridgehead atoms. The number of nitrogens with zero attached hydrogens (tertiary/aromatic N) is 3. The molecule has 2 aromatic carbocycles. The Morgan fingerprint density at radius 2 is 1.58 bits per heavy atom. The zero-order valence-electron chi connectivity index (χ0n) is 21.3. The van der Waals surface area contributed by atoms with Gasteiger partial charge in [-0.05, 0) is 97.9 Å². The summed E-state index contributed by atoms with van der Waals surface area (Å²) in [7, 11) is 0. The highest BCUT2D eigenvalue weighted by molar-refractivity contribution is 8.00. The second-order valence-electron chi connectivity index (χ2n) is 10.6. The normalized spacial score (nSPS) is 22.6. The Morgan fingerprint density at radius 3 is 2.18 bits per heavy atom. The largest absolute Gasteiger partial charge is 0.446 e. The molecule has 5 rings (SSSR count). The minimum atomic E-state index is -4.28. The first-order chi connectivity index (χ1) is 18.2. The number of benzene rings is 2. The Labute approximate surface area is 231 Å². The summed E-state index contributed by atoms with van der Waals surface area (Å²) in [5, 5.41) is 4.17. The molecule has 206 valence electrons. The standard InChI is InChI=1S/C28H34ClF3N4OS/c29-22-3-7-25(8-4-22)36-18-20-16-34(17-21(20)19-36)13-1-2-27(37)35-14-11-24(12-15-35)33-23-5-9-26(10-6-23)38-28(30,31)32/h3-10,20-21,24,33H,1-2,11-19H2. The number of carbonyl (C=O) groups is 1. The smallest absolute Gasteiger partial charge is 0.382 e. The quantitative estimate of drug-likeness (QED) is 0.385. The topological polar surface area (TPSA) is 38.8 Å². The van der Waals surface area contributed by atoms with Crippen LogP contribution in [0.25, 0.3) is 0 Å². The van der Waals surface area contributed by atoms with Crippen molar-refractivity contribution in [2.24, 2.45) is 11.8 Å². The highest BCUT2D eigenvalue weighted by Crippen LogP contribution is 2.37. The van der Waals surface area contributed by atoms with E-state index in [9.17, 15) is 18.0 Å². The van der Waals surface area contributed by atoms with Gasteiger partial charge in [0, 0.05) is 73.0 Å². The average molecular weight is 567 g/mol. The van der Waals surface area contributed by atoms with Crippen molar-refractivity contribution in [1.82, 2.24) is 9.80 Å². The molecule has 3 aliphatic rings. The van der Waals surface area contributed by atoms with Gasteiger partial charge >= 0.3 is 5.51 Å². The molecule has 3 fully saturated rings. The number of hydrogen-bond donors (Lipinski definition) is 1. The minimum absolute atomic E-state index is 0.104. The van der Waals surface area contributed by atoms with E-state index in [1.807, 2.05) is 17.0 Å². The fourth-order valence-corrected chi connectivity index (χ4v) is 6.67. The number of likely N-dealkylation sites (tertiary alicyclic amines) is 2. The first kappa shape index (κ1) is 27.5. The molecule has 0 aromatic heterocycles. The second kappa shape index (κ2) is 12.0. The van der Waals surface area contributed by atoms with Gasteiger partial charge in [0.1, 0.15) is 0 Å². The number of hydrogen-bond acceptors (Lipinski definition) is 5. The van der Waals surface area contributed by atoms with E-state index in [2.05, 4.69) is 27.2 Å². The number of alkyl halides is 3. The first-order valence-electron chi connectivity index (χ1n) is 13.3. The zero-order valence-corrected chi connectivity index (χ0v) is 22.9. The summed E-state index contributed by atoms with van der Waals surface area (Å²) in [5.41, 5.74) is -2.21. The summed E-state index contributed by atoms with van der Waals surface area (Å²) in [6, 6.07) is 14.7. The third-order valence-corrected chi connectivity index (χ3v) is 8.92. The van der Waals surface area contributed by atoms with E-state index in [0.717, 1.165) is 62.7 Å². The fourth-order valence-electron chi connectivity index (χ4n) is 6.01. The van der Waals surface area contributed by atoms with Crippen molar-refractivity contribution < 1.29 is 18.0 Å². The predicted octanol–water partition coefficient (Wildman–Crippen LogP) is 6.20. The number of piperidine rings is 1.